The topological polar surface area (TPSA) is 81.7 Å². The van der Waals surface area contributed by atoms with Gasteiger partial charge in [0.25, 0.3) is 0 Å². The Morgan fingerprint density at radius 3 is 2.00 bits per heavy atom. The van der Waals surface area contributed by atoms with Gasteiger partial charge in [-0.1, -0.05) is 41.5 Å². The maximum absolute atomic E-state index is 12.5. The smallest absolute Gasteiger partial charge is 0.237 e. The van der Waals surface area contributed by atoms with Crippen LogP contribution in [-0.4, -0.2) is 61.2 Å². The summed E-state index contributed by atoms with van der Waals surface area (Å²) in [6, 6.07) is -0.687. The Bertz CT molecular complexity index is 397. The number of nitrogens with one attached hydrogen (secondary N) is 2. The molecule has 1 unspecified atom stereocenters. The van der Waals surface area contributed by atoms with Crippen molar-refractivity contribution < 1.29 is 14.7 Å². The molecular weight excluding hydrogens is 294 g/mol. The molecule has 0 rings (SSSR count). The Morgan fingerprint density at radius 2 is 1.61 bits per heavy atom. The summed E-state index contributed by atoms with van der Waals surface area (Å²) in [6.07, 6.45) is -0.742. The van der Waals surface area contributed by atoms with E-state index in [0.717, 1.165) is 0 Å². The average molecular weight is 329 g/mol. The van der Waals surface area contributed by atoms with E-state index in [1.807, 2.05) is 48.6 Å². The van der Waals surface area contributed by atoms with Crippen molar-refractivity contribution in [2.45, 2.75) is 60.2 Å². The van der Waals surface area contributed by atoms with Crippen molar-refractivity contribution in [1.29, 1.82) is 0 Å². The van der Waals surface area contributed by atoms with Gasteiger partial charge in [-0.05, 0) is 14.1 Å². The molecule has 1 amide bonds. The number of rotatable bonds is 8. The molecule has 0 aliphatic rings. The molecule has 0 saturated heterocycles. The monoisotopic (exact) mass is 329 g/mol. The molecule has 0 saturated carbocycles. The van der Waals surface area contributed by atoms with E-state index in [1.165, 1.54) is 0 Å². The predicted molar refractivity (Wildman–Crippen MR) is 93.0 cm³/mol. The fourth-order valence-corrected chi connectivity index (χ4v) is 2.11. The van der Waals surface area contributed by atoms with Crippen molar-refractivity contribution >= 4 is 11.7 Å². The van der Waals surface area contributed by atoms with E-state index in [9.17, 15) is 14.7 Å². The summed E-state index contributed by atoms with van der Waals surface area (Å²) in [5.41, 5.74) is -0.930. The second-order valence-corrected chi connectivity index (χ2v) is 8.19. The number of hydrogen-bond donors (Lipinski definition) is 3. The third kappa shape index (κ3) is 7.42. The van der Waals surface area contributed by atoms with Crippen molar-refractivity contribution in [2.24, 2.45) is 10.8 Å². The van der Waals surface area contributed by atoms with Gasteiger partial charge < -0.3 is 15.7 Å². The molecular formula is C17H35N3O3. The number of likely N-dealkylation sites (N-methyl/N-ethyl adjacent to an activating group) is 2. The Morgan fingerprint density at radius 1 is 1.09 bits per heavy atom. The molecule has 0 aromatic heterocycles. The molecule has 2 atom stereocenters. The lowest BCUT2D eigenvalue weighted by molar-refractivity contribution is -0.142. The van der Waals surface area contributed by atoms with Crippen LogP contribution in [0.5, 0.6) is 0 Å². The molecule has 0 aliphatic heterocycles. The Kier molecular flexibility index (Phi) is 8.38. The predicted octanol–water partition coefficient (Wildman–Crippen LogP) is 0.992. The Labute approximate surface area is 141 Å². The molecule has 23 heavy (non-hydrogen) atoms. The van der Waals surface area contributed by atoms with Crippen LogP contribution in [0.15, 0.2) is 0 Å². The van der Waals surface area contributed by atoms with E-state index >= 15 is 0 Å². The molecule has 136 valence electrons. The highest BCUT2D eigenvalue weighted by Gasteiger charge is 2.36. The van der Waals surface area contributed by atoms with Gasteiger partial charge in [0, 0.05) is 30.3 Å². The third-order valence-electron chi connectivity index (χ3n) is 3.84. The van der Waals surface area contributed by atoms with Gasteiger partial charge in [0.15, 0.2) is 0 Å². The van der Waals surface area contributed by atoms with Crippen LogP contribution in [0.2, 0.25) is 0 Å². The van der Waals surface area contributed by atoms with Crippen molar-refractivity contribution in [3.8, 4) is 0 Å². The van der Waals surface area contributed by atoms with Gasteiger partial charge in [-0.15, -0.1) is 0 Å². The molecule has 6 heteroatoms. The summed E-state index contributed by atoms with van der Waals surface area (Å²) in [5.74, 6) is -0.233. The van der Waals surface area contributed by atoms with Crippen LogP contribution in [-0.2, 0) is 9.59 Å². The van der Waals surface area contributed by atoms with Crippen LogP contribution >= 0.6 is 0 Å². The summed E-state index contributed by atoms with van der Waals surface area (Å²) in [7, 11) is 3.50. The number of nitrogens with zero attached hydrogens (tertiary/aromatic N) is 1. The summed E-state index contributed by atoms with van der Waals surface area (Å²) in [5, 5.41) is 16.3. The van der Waals surface area contributed by atoms with Gasteiger partial charge in [0.2, 0.25) is 5.91 Å². The molecule has 3 N–H and O–H groups in total. The summed E-state index contributed by atoms with van der Waals surface area (Å²) < 4.78 is 0. The molecule has 0 spiro atoms. The lowest BCUT2D eigenvalue weighted by Crippen LogP contribution is -2.54. The summed E-state index contributed by atoms with van der Waals surface area (Å²) in [6.45, 7) is 12.3. The van der Waals surface area contributed by atoms with E-state index in [4.69, 9.17) is 0 Å². The number of aliphatic hydroxyl groups is 1. The van der Waals surface area contributed by atoms with E-state index in [2.05, 4.69) is 10.6 Å². The number of hydrogen-bond acceptors (Lipinski definition) is 5. The maximum Gasteiger partial charge on any atom is 0.237 e. The van der Waals surface area contributed by atoms with Gasteiger partial charge in [-0.25, -0.2) is 0 Å². The zero-order valence-electron chi connectivity index (χ0n) is 16.0. The van der Waals surface area contributed by atoms with Crippen molar-refractivity contribution in [3.05, 3.63) is 0 Å². The second kappa shape index (κ2) is 8.76. The number of aliphatic hydroxyl groups excluding tert-OH is 1. The van der Waals surface area contributed by atoms with Crippen LogP contribution < -0.4 is 10.6 Å². The SMILES string of the molecule is CNCCNC(=O)[C@H](CC(=O)C(C)(C)C)N(C)C(O)C(C)(C)C. The van der Waals surface area contributed by atoms with Crippen LogP contribution in [0.1, 0.15) is 48.0 Å². The molecule has 0 bridgehead atoms. The first-order valence-corrected chi connectivity index (χ1v) is 8.18. The fraction of sp³-hybridized carbons (Fsp3) is 0.882. The lowest BCUT2D eigenvalue weighted by Gasteiger charge is -2.38. The first kappa shape index (κ1) is 22.0. The van der Waals surface area contributed by atoms with E-state index in [1.54, 1.807) is 11.9 Å². The second-order valence-electron chi connectivity index (χ2n) is 8.19. The normalized spacial score (nSPS) is 15.4. The molecule has 0 fully saturated rings. The zero-order valence-corrected chi connectivity index (χ0v) is 16.0. The maximum atomic E-state index is 12.5. The van der Waals surface area contributed by atoms with Gasteiger partial charge in [-0.3, -0.25) is 14.5 Å². The minimum absolute atomic E-state index is 0.000717. The first-order chi connectivity index (χ1) is 10.3. The standard InChI is InChI=1S/C17H35N3O3/c1-16(2,3)13(21)11-12(14(22)19-10-9-18-7)20(8)15(23)17(4,5)6/h12,15,18,23H,9-11H2,1-8H3,(H,19,22)/t12-,15?/m0/s1. The molecule has 6 nitrogen and oxygen atoms in total. The minimum atomic E-state index is -0.824. The first-order valence-electron chi connectivity index (χ1n) is 8.18. The van der Waals surface area contributed by atoms with Crippen LogP contribution in [0.25, 0.3) is 0 Å². The molecule has 0 heterocycles. The molecule has 0 aromatic carbocycles. The fourth-order valence-electron chi connectivity index (χ4n) is 2.11. The van der Waals surface area contributed by atoms with Crippen LogP contribution in [0.3, 0.4) is 0 Å². The summed E-state index contributed by atoms with van der Waals surface area (Å²) >= 11 is 0. The quantitative estimate of drug-likeness (QED) is 0.457. The average Bonchev–Trinajstić information content (AvgIpc) is 2.40. The number of carbonyl (C=O) groups excluding carboxylic acids is 2. The Balaban J connectivity index is 5.21. The van der Waals surface area contributed by atoms with Crippen LogP contribution in [0, 0.1) is 10.8 Å². The highest BCUT2D eigenvalue weighted by atomic mass is 16.3. The minimum Gasteiger partial charge on any atom is -0.378 e. The highest BCUT2D eigenvalue weighted by molar-refractivity contribution is 5.91. The van der Waals surface area contributed by atoms with Crippen LogP contribution in [0.4, 0.5) is 0 Å². The molecule has 0 aliphatic carbocycles. The number of amides is 1. The van der Waals surface area contributed by atoms with E-state index in [-0.39, 0.29) is 18.1 Å². The van der Waals surface area contributed by atoms with Crippen molar-refractivity contribution in [2.75, 3.05) is 27.2 Å². The molecule has 0 aromatic rings. The van der Waals surface area contributed by atoms with Gasteiger partial charge in [0.05, 0.1) is 6.04 Å². The van der Waals surface area contributed by atoms with Gasteiger partial charge >= 0.3 is 0 Å². The molecule has 0 radical (unpaired) electrons. The number of Topliss-reactive ketones (excluding diaryl/α,β-unsaturated/α-hetero) is 1. The van der Waals surface area contributed by atoms with Gasteiger partial charge in [-0.2, -0.15) is 0 Å². The lowest BCUT2D eigenvalue weighted by atomic mass is 9.85. The van der Waals surface area contributed by atoms with Crippen molar-refractivity contribution in [1.82, 2.24) is 15.5 Å². The zero-order chi connectivity index (χ0) is 18.4. The number of carbonyl (C=O) groups is 2. The Hall–Kier alpha value is -0.980. The third-order valence-corrected chi connectivity index (χ3v) is 3.84. The van der Waals surface area contributed by atoms with Crippen molar-refractivity contribution in [3.63, 3.8) is 0 Å². The largest absolute Gasteiger partial charge is 0.378 e. The van der Waals surface area contributed by atoms with Gasteiger partial charge in [0.1, 0.15) is 12.0 Å². The number of ketones is 1. The highest BCUT2D eigenvalue weighted by Crippen LogP contribution is 2.25. The van der Waals surface area contributed by atoms with E-state index < -0.39 is 23.1 Å². The summed E-state index contributed by atoms with van der Waals surface area (Å²) in [4.78, 5) is 26.5. The van der Waals surface area contributed by atoms with E-state index in [0.29, 0.717) is 13.1 Å².